The van der Waals surface area contributed by atoms with Crippen molar-refractivity contribution in [2.24, 2.45) is 0 Å². The van der Waals surface area contributed by atoms with Crippen LogP contribution in [0.1, 0.15) is 24.5 Å². The molecule has 1 atom stereocenters. The van der Waals surface area contributed by atoms with Gasteiger partial charge in [0.15, 0.2) is 0 Å². The Balaban J connectivity index is 1.87. The highest BCUT2D eigenvalue weighted by atomic mass is 16.7. The predicted molar refractivity (Wildman–Crippen MR) is 69.4 cm³/mol. The van der Waals surface area contributed by atoms with E-state index in [9.17, 15) is 0 Å². The molecule has 94 valence electrons. The molecule has 0 aliphatic carbocycles. The maximum absolute atomic E-state index is 5.49. The summed E-state index contributed by atoms with van der Waals surface area (Å²) < 4.78 is 10.6. The first-order chi connectivity index (χ1) is 8.29. The van der Waals surface area contributed by atoms with Gasteiger partial charge in [0.25, 0.3) is 0 Å². The third-order valence-electron chi connectivity index (χ3n) is 3.23. The number of hydrogen-bond acceptors (Lipinski definition) is 3. The van der Waals surface area contributed by atoms with Gasteiger partial charge < -0.3 is 14.8 Å². The summed E-state index contributed by atoms with van der Waals surface area (Å²) in [7, 11) is 0. The van der Waals surface area contributed by atoms with E-state index < -0.39 is 0 Å². The standard InChI is InChI=1S/C14H21NO2/c1-3-12-4-5-13(8-11(12)2)15-9-14-6-7-16-10-17-14/h4-5,8,14-15H,3,6-7,9-10H2,1-2H3. The Morgan fingerprint density at radius 3 is 2.94 bits per heavy atom. The van der Waals surface area contributed by atoms with Crippen LogP contribution in [0.25, 0.3) is 0 Å². The van der Waals surface area contributed by atoms with E-state index in [4.69, 9.17) is 9.47 Å². The van der Waals surface area contributed by atoms with Gasteiger partial charge in [-0.3, -0.25) is 0 Å². The number of hydrogen-bond donors (Lipinski definition) is 1. The zero-order chi connectivity index (χ0) is 12.1. The summed E-state index contributed by atoms with van der Waals surface area (Å²) in [4.78, 5) is 0. The zero-order valence-corrected chi connectivity index (χ0v) is 10.7. The molecule has 0 bridgehead atoms. The summed E-state index contributed by atoms with van der Waals surface area (Å²) in [5.41, 5.74) is 3.94. The van der Waals surface area contributed by atoms with Crippen LogP contribution in [0, 0.1) is 6.92 Å². The van der Waals surface area contributed by atoms with E-state index in [0.29, 0.717) is 6.79 Å². The quantitative estimate of drug-likeness (QED) is 0.870. The van der Waals surface area contributed by atoms with Crippen molar-refractivity contribution < 1.29 is 9.47 Å². The van der Waals surface area contributed by atoms with Gasteiger partial charge in [-0.05, 0) is 43.0 Å². The number of benzene rings is 1. The lowest BCUT2D eigenvalue weighted by Crippen LogP contribution is -2.30. The van der Waals surface area contributed by atoms with Crippen molar-refractivity contribution in [3.8, 4) is 0 Å². The van der Waals surface area contributed by atoms with Crippen LogP contribution in [0.15, 0.2) is 18.2 Å². The molecule has 1 saturated heterocycles. The van der Waals surface area contributed by atoms with Crippen LogP contribution in [0.2, 0.25) is 0 Å². The molecule has 17 heavy (non-hydrogen) atoms. The van der Waals surface area contributed by atoms with Crippen LogP contribution in [0.3, 0.4) is 0 Å². The molecule has 3 heteroatoms. The van der Waals surface area contributed by atoms with Crippen molar-refractivity contribution in [1.82, 2.24) is 0 Å². The molecule has 0 saturated carbocycles. The number of nitrogens with one attached hydrogen (secondary N) is 1. The van der Waals surface area contributed by atoms with Crippen molar-refractivity contribution in [3.63, 3.8) is 0 Å². The van der Waals surface area contributed by atoms with Crippen molar-refractivity contribution in [2.45, 2.75) is 32.8 Å². The van der Waals surface area contributed by atoms with E-state index in [1.807, 2.05) is 0 Å². The molecule has 3 nitrogen and oxygen atoms in total. The normalized spacial score (nSPS) is 20.2. The summed E-state index contributed by atoms with van der Waals surface area (Å²) >= 11 is 0. The summed E-state index contributed by atoms with van der Waals surface area (Å²) in [5, 5.41) is 3.43. The van der Waals surface area contributed by atoms with E-state index in [0.717, 1.165) is 26.0 Å². The molecule has 0 spiro atoms. The lowest BCUT2D eigenvalue weighted by molar-refractivity contribution is -0.133. The fourth-order valence-electron chi connectivity index (χ4n) is 2.10. The highest BCUT2D eigenvalue weighted by molar-refractivity contribution is 5.48. The molecule has 1 unspecified atom stereocenters. The van der Waals surface area contributed by atoms with Gasteiger partial charge in [0, 0.05) is 12.2 Å². The molecule has 1 fully saturated rings. The van der Waals surface area contributed by atoms with Gasteiger partial charge in [0.05, 0.1) is 12.7 Å². The second-order valence-electron chi connectivity index (χ2n) is 4.48. The van der Waals surface area contributed by atoms with E-state index in [1.54, 1.807) is 0 Å². The lowest BCUT2D eigenvalue weighted by atomic mass is 10.1. The van der Waals surface area contributed by atoms with Crippen molar-refractivity contribution >= 4 is 5.69 Å². The molecule has 1 aliphatic rings. The molecule has 1 aromatic carbocycles. The van der Waals surface area contributed by atoms with Crippen LogP contribution in [-0.4, -0.2) is 26.0 Å². The van der Waals surface area contributed by atoms with Crippen LogP contribution in [-0.2, 0) is 15.9 Å². The maximum Gasteiger partial charge on any atom is 0.147 e. The fraction of sp³-hybridized carbons (Fsp3) is 0.571. The van der Waals surface area contributed by atoms with Gasteiger partial charge in [0.1, 0.15) is 6.79 Å². The first-order valence-corrected chi connectivity index (χ1v) is 6.32. The molecule has 1 heterocycles. The van der Waals surface area contributed by atoms with Gasteiger partial charge in [0.2, 0.25) is 0 Å². The van der Waals surface area contributed by atoms with Crippen LogP contribution >= 0.6 is 0 Å². The summed E-state index contributed by atoms with van der Waals surface area (Å²) in [5.74, 6) is 0. The summed E-state index contributed by atoms with van der Waals surface area (Å²) in [6.07, 6.45) is 2.34. The Morgan fingerprint density at radius 2 is 2.29 bits per heavy atom. The fourth-order valence-corrected chi connectivity index (χ4v) is 2.10. The van der Waals surface area contributed by atoms with E-state index >= 15 is 0 Å². The van der Waals surface area contributed by atoms with E-state index in [2.05, 4.69) is 37.4 Å². The Hall–Kier alpha value is -1.06. The van der Waals surface area contributed by atoms with Gasteiger partial charge in [-0.15, -0.1) is 0 Å². The van der Waals surface area contributed by atoms with Gasteiger partial charge in [-0.25, -0.2) is 0 Å². The topological polar surface area (TPSA) is 30.5 Å². The second kappa shape index (κ2) is 6.03. The average molecular weight is 235 g/mol. The third kappa shape index (κ3) is 3.45. The van der Waals surface area contributed by atoms with Crippen LogP contribution in [0.4, 0.5) is 5.69 Å². The Labute approximate surface area is 103 Å². The molecule has 1 aliphatic heterocycles. The molecular formula is C14H21NO2. The Bertz CT molecular complexity index is 359. The first-order valence-electron chi connectivity index (χ1n) is 6.32. The van der Waals surface area contributed by atoms with Crippen LogP contribution in [0.5, 0.6) is 0 Å². The van der Waals surface area contributed by atoms with E-state index in [-0.39, 0.29) is 6.10 Å². The summed E-state index contributed by atoms with van der Waals surface area (Å²) in [6, 6.07) is 6.55. The highest BCUT2D eigenvalue weighted by Gasteiger charge is 2.13. The number of rotatable bonds is 4. The third-order valence-corrected chi connectivity index (χ3v) is 3.23. The number of aryl methyl sites for hydroxylation is 2. The number of ether oxygens (including phenoxy) is 2. The average Bonchev–Trinajstić information content (AvgIpc) is 2.38. The molecule has 0 amide bonds. The first kappa shape index (κ1) is 12.4. The van der Waals surface area contributed by atoms with Crippen molar-refractivity contribution in [1.29, 1.82) is 0 Å². The van der Waals surface area contributed by atoms with Gasteiger partial charge in [-0.2, -0.15) is 0 Å². The smallest absolute Gasteiger partial charge is 0.147 e. The molecule has 1 N–H and O–H groups in total. The molecule has 1 aromatic rings. The van der Waals surface area contributed by atoms with Crippen molar-refractivity contribution in [3.05, 3.63) is 29.3 Å². The Kier molecular flexibility index (Phi) is 4.40. The molecule has 0 radical (unpaired) electrons. The molecule has 2 rings (SSSR count). The SMILES string of the molecule is CCc1ccc(NCC2CCOCO2)cc1C. The van der Waals surface area contributed by atoms with E-state index in [1.165, 1.54) is 16.8 Å². The Morgan fingerprint density at radius 1 is 1.41 bits per heavy atom. The largest absolute Gasteiger partial charge is 0.382 e. The summed E-state index contributed by atoms with van der Waals surface area (Å²) in [6.45, 7) is 6.44. The van der Waals surface area contributed by atoms with Gasteiger partial charge >= 0.3 is 0 Å². The minimum atomic E-state index is 0.273. The second-order valence-corrected chi connectivity index (χ2v) is 4.48. The monoisotopic (exact) mass is 235 g/mol. The van der Waals surface area contributed by atoms with Crippen molar-refractivity contribution in [2.75, 3.05) is 25.3 Å². The number of anilines is 1. The van der Waals surface area contributed by atoms with Gasteiger partial charge in [-0.1, -0.05) is 13.0 Å². The minimum Gasteiger partial charge on any atom is -0.382 e. The van der Waals surface area contributed by atoms with Crippen LogP contribution < -0.4 is 5.32 Å². The molecule has 0 aromatic heterocycles. The maximum atomic E-state index is 5.49. The minimum absolute atomic E-state index is 0.273. The zero-order valence-electron chi connectivity index (χ0n) is 10.7. The predicted octanol–water partition coefficient (Wildman–Crippen LogP) is 2.73. The lowest BCUT2D eigenvalue weighted by Gasteiger charge is -2.23. The highest BCUT2D eigenvalue weighted by Crippen LogP contribution is 2.16. The molecular weight excluding hydrogens is 214 g/mol.